The molecule has 3 heteroatoms. The number of amides is 1. The first-order chi connectivity index (χ1) is 9.15. The molecule has 1 aromatic carbocycles. The number of anilines is 1. The van der Waals surface area contributed by atoms with Gasteiger partial charge >= 0.3 is 0 Å². The second-order valence-electron chi connectivity index (χ2n) is 6.49. The zero-order valence-electron chi connectivity index (χ0n) is 11.0. The van der Waals surface area contributed by atoms with Gasteiger partial charge in [0, 0.05) is 10.4 Å². The van der Waals surface area contributed by atoms with E-state index in [4.69, 9.17) is 0 Å². The number of hydrogen-bond acceptors (Lipinski definition) is 1. The monoisotopic (exact) mass is 319 g/mol. The van der Waals surface area contributed by atoms with Gasteiger partial charge in [-0.15, -0.1) is 0 Å². The molecule has 2 bridgehead atoms. The fraction of sp³-hybridized carbons (Fsp3) is 0.562. The summed E-state index contributed by atoms with van der Waals surface area (Å²) in [5.41, 5.74) is 2.11. The molecule has 0 heterocycles. The van der Waals surface area contributed by atoms with Crippen molar-refractivity contribution in [2.45, 2.75) is 26.2 Å². The first kappa shape index (κ1) is 12.0. The van der Waals surface area contributed by atoms with E-state index >= 15 is 0 Å². The number of carbonyl (C=O) groups is 1. The third-order valence-electron chi connectivity index (χ3n) is 5.42. The zero-order valence-corrected chi connectivity index (χ0v) is 12.6. The molecule has 4 atom stereocenters. The maximum Gasteiger partial charge on any atom is 0.228 e. The van der Waals surface area contributed by atoms with E-state index in [0.29, 0.717) is 17.8 Å². The molecule has 3 saturated carbocycles. The van der Waals surface area contributed by atoms with E-state index in [1.165, 1.54) is 24.8 Å². The molecule has 2 nitrogen and oxygen atoms in total. The van der Waals surface area contributed by atoms with Crippen molar-refractivity contribution in [1.82, 2.24) is 0 Å². The van der Waals surface area contributed by atoms with Crippen LogP contribution < -0.4 is 5.32 Å². The molecule has 1 amide bonds. The van der Waals surface area contributed by atoms with E-state index in [0.717, 1.165) is 22.0 Å². The van der Waals surface area contributed by atoms with Crippen molar-refractivity contribution >= 4 is 27.5 Å². The van der Waals surface area contributed by atoms with Crippen LogP contribution >= 0.6 is 15.9 Å². The molecular weight excluding hydrogens is 302 g/mol. The van der Waals surface area contributed by atoms with E-state index in [1.807, 2.05) is 18.2 Å². The van der Waals surface area contributed by atoms with Gasteiger partial charge in [-0.2, -0.15) is 0 Å². The Bertz CT molecular complexity index is 540. The molecule has 1 N–H and O–H groups in total. The highest BCUT2D eigenvalue weighted by atomic mass is 79.9. The minimum absolute atomic E-state index is 0.246. The number of halogens is 1. The van der Waals surface area contributed by atoms with E-state index < -0.39 is 0 Å². The summed E-state index contributed by atoms with van der Waals surface area (Å²) in [5, 5.41) is 3.11. The number of fused-ring (bicyclic) bond motifs is 5. The lowest BCUT2D eigenvalue weighted by molar-refractivity contribution is -0.118. The van der Waals surface area contributed by atoms with Crippen molar-refractivity contribution in [2.75, 3.05) is 5.32 Å². The Labute approximate surface area is 122 Å². The van der Waals surface area contributed by atoms with Crippen LogP contribution in [0.3, 0.4) is 0 Å². The van der Waals surface area contributed by atoms with Gasteiger partial charge < -0.3 is 5.32 Å². The molecule has 19 heavy (non-hydrogen) atoms. The summed E-state index contributed by atoms with van der Waals surface area (Å²) in [6.45, 7) is 2.05. The highest BCUT2D eigenvalue weighted by Crippen LogP contribution is 2.69. The predicted molar refractivity (Wildman–Crippen MR) is 78.8 cm³/mol. The van der Waals surface area contributed by atoms with Gasteiger partial charge in [0.25, 0.3) is 0 Å². The minimum atomic E-state index is 0.246. The van der Waals surface area contributed by atoms with E-state index in [2.05, 4.69) is 28.2 Å². The normalized spacial score (nSPS) is 38.1. The second-order valence-corrected chi connectivity index (χ2v) is 7.34. The van der Waals surface area contributed by atoms with Gasteiger partial charge in [-0.05, 0) is 83.5 Å². The highest BCUT2D eigenvalue weighted by Gasteiger charge is 2.67. The first-order valence-electron chi connectivity index (χ1n) is 7.22. The molecule has 4 unspecified atom stereocenters. The summed E-state index contributed by atoms with van der Waals surface area (Å²) in [6, 6.07) is 6.08. The summed E-state index contributed by atoms with van der Waals surface area (Å²) >= 11 is 3.53. The Kier molecular flexibility index (Phi) is 2.57. The van der Waals surface area contributed by atoms with Gasteiger partial charge in [-0.25, -0.2) is 0 Å². The summed E-state index contributed by atoms with van der Waals surface area (Å²) in [6.07, 6.45) is 4.13. The fourth-order valence-corrected chi connectivity index (χ4v) is 5.21. The molecular formula is C16H18BrNO. The third-order valence-corrected chi connectivity index (χ3v) is 6.08. The zero-order chi connectivity index (χ0) is 13.1. The summed E-state index contributed by atoms with van der Waals surface area (Å²) in [5.74, 6) is 3.68. The van der Waals surface area contributed by atoms with Crippen molar-refractivity contribution in [1.29, 1.82) is 0 Å². The lowest BCUT2D eigenvalue weighted by Crippen LogP contribution is -2.18. The number of nitrogens with one attached hydrogen (secondary N) is 1. The molecule has 0 radical (unpaired) electrons. The molecule has 100 valence electrons. The Hall–Kier alpha value is -0.830. The lowest BCUT2D eigenvalue weighted by atomic mass is 10.0. The van der Waals surface area contributed by atoms with Crippen LogP contribution in [0.2, 0.25) is 0 Å². The van der Waals surface area contributed by atoms with Crippen molar-refractivity contribution in [3.05, 3.63) is 28.2 Å². The van der Waals surface area contributed by atoms with Gasteiger partial charge in [-0.1, -0.05) is 6.07 Å². The maximum atomic E-state index is 12.4. The van der Waals surface area contributed by atoms with Gasteiger partial charge in [0.15, 0.2) is 0 Å². The summed E-state index contributed by atoms with van der Waals surface area (Å²) < 4.78 is 0.981. The fourth-order valence-electron chi connectivity index (χ4n) is 4.61. The van der Waals surface area contributed by atoms with Gasteiger partial charge in [0.2, 0.25) is 5.91 Å². The molecule has 1 aromatic rings. The van der Waals surface area contributed by atoms with Crippen LogP contribution in [-0.2, 0) is 4.79 Å². The Morgan fingerprint density at radius 2 is 1.95 bits per heavy atom. The molecule has 0 aliphatic heterocycles. The van der Waals surface area contributed by atoms with E-state index in [1.54, 1.807) is 0 Å². The van der Waals surface area contributed by atoms with Crippen LogP contribution in [0.5, 0.6) is 0 Å². The summed E-state index contributed by atoms with van der Waals surface area (Å²) in [4.78, 5) is 12.4. The van der Waals surface area contributed by atoms with Crippen molar-refractivity contribution < 1.29 is 4.79 Å². The van der Waals surface area contributed by atoms with Crippen LogP contribution in [0.25, 0.3) is 0 Å². The average Bonchev–Trinajstić information content (AvgIpc) is 2.82. The standard InChI is InChI=1S/C16H18BrNO/c1-8-2-5-12(11(17)6-8)18-16(19)15-13-9-3-4-10(7-9)14(13)15/h2,5-6,9-10,13-15H,3-4,7H2,1H3,(H,18,19). The third kappa shape index (κ3) is 1.78. The molecule has 3 fully saturated rings. The van der Waals surface area contributed by atoms with Gasteiger partial charge in [0.05, 0.1) is 5.69 Å². The minimum Gasteiger partial charge on any atom is -0.325 e. The highest BCUT2D eigenvalue weighted by molar-refractivity contribution is 9.10. The number of carbonyl (C=O) groups excluding carboxylic acids is 1. The van der Waals surface area contributed by atoms with Crippen LogP contribution in [0.1, 0.15) is 24.8 Å². The van der Waals surface area contributed by atoms with Crippen molar-refractivity contribution in [3.8, 4) is 0 Å². The van der Waals surface area contributed by atoms with E-state index in [9.17, 15) is 4.79 Å². The number of aryl methyl sites for hydroxylation is 1. The average molecular weight is 320 g/mol. The topological polar surface area (TPSA) is 29.1 Å². The maximum absolute atomic E-state index is 12.4. The number of rotatable bonds is 2. The van der Waals surface area contributed by atoms with Crippen LogP contribution in [0.15, 0.2) is 22.7 Å². The van der Waals surface area contributed by atoms with Gasteiger partial charge in [-0.3, -0.25) is 4.79 Å². The smallest absolute Gasteiger partial charge is 0.228 e. The molecule has 3 aliphatic rings. The largest absolute Gasteiger partial charge is 0.325 e. The molecule has 0 aromatic heterocycles. The van der Waals surface area contributed by atoms with Crippen LogP contribution in [-0.4, -0.2) is 5.91 Å². The molecule has 0 spiro atoms. The Balaban J connectivity index is 1.48. The second kappa shape index (κ2) is 4.08. The van der Waals surface area contributed by atoms with E-state index in [-0.39, 0.29) is 5.91 Å². The SMILES string of the molecule is Cc1ccc(NC(=O)C2C3C4CCC(C4)C23)c(Br)c1. The van der Waals surface area contributed by atoms with Crippen LogP contribution in [0.4, 0.5) is 5.69 Å². The Morgan fingerprint density at radius 1 is 1.26 bits per heavy atom. The molecule has 4 rings (SSSR count). The van der Waals surface area contributed by atoms with Gasteiger partial charge in [0.1, 0.15) is 0 Å². The van der Waals surface area contributed by atoms with Crippen molar-refractivity contribution in [2.24, 2.45) is 29.6 Å². The lowest BCUT2D eigenvalue weighted by Gasteiger charge is -2.11. The molecule has 3 aliphatic carbocycles. The van der Waals surface area contributed by atoms with Crippen molar-refractivity contribution in [3.63, 3.8) is 0 Å². The quantitative estimate of drug-likeness (QED) is 0.877. The Morgan fingerprint density at radius 3 is 2.58 bits per heavy atom. The number of hydrogen-bond donors (Lipinski definition) is 1. The van der Waals surface area contributed by atoms with Crippen LogP contribution in [0, 0.1) is 36.5 Å². The predicted octanol–water partition coefficient (Wildman–Crippen LogP) is 3.99. The molecule has 0 saturated heterocycles. The first-order valence-corrected chi connectivity index (χ1v) is 8.01. The summed E-state index contributed by atoms with van der Waals surface area (Å²) in [7, 11) is 0. The number of benzene rings is 1.